The minimum Gasteiger partial charge on any atom is -0.376 e. The molecule has 0 bridgehead atoms. The first-order valence-electron chi connectivity index (χ1n) is 6.10. The van der Waals surface area contributed by atoms with Gasteiger partial charge in [0.2, 0.25) is 5.91 Å². The number of rotatable bonds is 5. The average Bonchev–Trinajstić information content (AvgIpc) is 2.86. The van der Waals surface area contributed by atoms with E-state index in [1.54, 1.807) is 23.5 Å². The second kappa shape index (κ2) is 6.13. The standard InChI is InChI=1S/C13H18N2O2S/c1-2-17-11-8-10(14)13(11)15-12(16)6-5-9-4-3-7-18-9/h3-7,10-11,13H,2,8,14H2,1H3,(H,15,16). The predicted molar refractivity (Wildman–Crippen MR) is 73.3 cm³/mol. The smallest absolute Gasteiger partial charge is 0.244 e. The van der Waals surface area contributed by atoms with Crippen molar-refractivity contribution >= 4 is 23.3 Å². The monoisotopic (exact) mass is 266 g/mol. The van der Waals surface area contributed by atoms with Crippen LogP contribution in [0.4, 0.5) is 0 Å². The Labute approximate surface area is 111 Å². The van der Waals surface area contributed by atoms with Gasteiger partial charge in [-0.25, -0.2) is 0 Å². The van der Waals surface area contributed by atoms with E-state index in [1.807, 2.05) is 24.4 Å². The molecule has 2 rings (SSSR count). The Hall–Kier alpha value is -1.17. The van der Waals surface area contributed by atoms with Crippen molar-refractivity contribution in [1.29, 1.82) is 0 Å². The second-order valence-corrected chi connectivity index (χ2v) is 5.26. The highest BCUT2D eigenvalue weighted by atomic mass is 32.1. The third-order valence-electron chi connectivity index (χ3n) is 3.00. The summed E-state index contributed by atoms with van der Waals surface area (Å²) in [5, 5.41) is 4.87. The topological polar surface area (TPSA) is 64.3 Å². The molecule has 4 nitrogen and oxygen atoms in total. The molecular formula is C13H18N2O2S. The summed E-state index contributed by atoms with van der Waals surface area (Å²) in [4.78, 5) is 12.8. The van der Waals surface area contributed by atoms with E-state index in [2.05, 4.69) is 5.32 Å². The summed E-state index contributed by atoms with van der Waals surface area (Å²) in [6, 6.07) is 3.85. The van der Waals surface area contributed by atoms with Crippen LogP contribution in [0.1, 0.15) is 18.2 Å². The maximum atomic E-state index is 11.7. The van der Waals surface area contributed by atoms with Crippen molar-refractivity contribution in [3.05, 3.63) is 28.5 Å². The molecule has 0 aromatic carbocycles. The molecule has 5 heteroatoms. The van der Waals surface area contributed by atoms with Crippen molar-refractivity contribution in [2.75, 3.05) is 6.61 Å². The van der Waals surface area contributed by atoms with E-state index in [9.17, 15) is 4.79 Å². The zero-order chi connectivity index (χ0) is 13.0. The summed E-state index contributed by atoms with van der Waals surface area (Å²) in [6.07, 6.45) is 4.22. The molecule has 1 saturated carbocycles. The van der Waals surface area contributed by atoms with Crippen molar-refractivity contribution in [2.45, 2.75) is 31.5 Å². The zero-order valence-electron chi connectivity index (χ0n) is 10.3. The molecule has 1 aromatic rings. The summed E-state index contributed by atoms with van der Waals surface area (Å²) >= 11 is 1.60. The first kappa shape index (κ1) is 13.3. The van der Waals surface area contributed by atoms with Gasteiger partial charge in [0.1, 0.15) is 0 Å². The maximum absolute atomic E-state index is 11.7. The van der Waals surface area contributed by atoms with Crippen LogP contribution in [-0.2, 0) is 9.53 Å². The van der Waals surface area contributed by atoms with Crippen LogP contribution in [0.5, 0.6) is 0 Å². The van der Waals surface area contributed by atoms with Gasteiger partial charge >= 0.3 is 0 Å². The number of nitrogens with one attached hydrogen (secondary N) is 1. The van der Waals surface area contributed by atoms with Crippen LogP contribution in [0, 0.1) is 0 Å². The van der Waals surface area contributed by atoms with Gasteiger partial charge in [-0.15, -0.1) is 11.3 Å². The van der Waals surface area contributed by atoms with Crippen LogP contribution in [0.15, 0.2) is 23.6 Å². The fourth-order valence-electron chi connectivity index (χ4n) is 1.98. The van der Waals surface area contributed by atoms with E-state index in [1.165, 1.54) is 0 Å². The normalized spacial score (nSPS) is 27.1. The maximum Gasteiger partial charge on any atom is 0.244 e. The minimum atomic E-state index is -0.117. The summed E-state index contributed by atoms with van der Waals surface area (Å²) in [6.45, 7) is 2.59. The Kier molecular flexibility index (Phi) is 4.52. The van der Waals surface area contributed by atoms with Gasteiger partial charge in [-0.05, 0) is 30.9 Å². The van der Waals surface area contributed by atoms with Gasteiger partial charge in [-0.3, -0.25) is 4.79 Å². The summed E-state index contributed by atoms with van der Waals surface area (Å²) in [5.74, 6) is -0.117. The molecule has 3 unspecified atom stereocenters. The van der Waals surface area contributed by atoms with Crippen molar-refractivity contribution < 1.29 is 9.53 Å². The quantitative estimate of drug-likeness (QED) is 0.791. The van der Waals surface area contributed by atoms with Gasteiger partial charge in [0, 0.05) is 23.6 Å². The number of thiophene rings is 1. The highest BCUT2D eigenvalue weighted by molar-refractivity contribution is 7.10. The third kappa shape index (κ3) is 3.19. The second-order valence-electron chi connectivity index (χ2n) is 4.28. The van der Waals surface area contributed by atoms with Gasteiger partial charge in [-0.1, -0.05) is 6.07 Å². The van der Waals surface area contributed by atoms with Gasteiger partial charge in [-0.2, -0.15) is 0 Å². The fraction of sp³-hybridized carbons (Fsp3) is 0.462. The number of carbonyl (C=O) groups is 1. The molecular weight excluding hydrogens is 248 g/mol. The van der Waals surface area contributed by atoms with E-state index in [-0.39, 0.29) is 24.1 Å². The lowest BCUT2D eigenvalue weighted by molar-refractivity contribution is -0.121. The lowest BCUT2D eigenvalue weighted by Gasteiger charge is -2.42. The Balaban J connectivity index is 1.83. The van der Waals surface area contributed by atoms with E-state index < -0.39 is 0 Å². The molecule has 1 heterocycles. The minimum absolute atomic E-state index is 0.000591. The van der Waals surface area contributed by atoms with Crippen molar-refractivity contribution in [3.8, 4) is 0 Å². The van der Waals surface area contributed by atoms with E-state index in [0.717, 1.165) is 11.3 Å². The van der Waals surface area contributed by atoms with Crippen LogP contribution >= 0.6 is 11.3 Å². The van der Waals surface area contributed by atoms with Crippen LogP contribution in [0.3, 0.4) is 0 Å². The van der Waals surface area contributed by atoms with Crippen LogP contribution in [-0.4, -0.2) is 30.7 Å². The molecule has 0 spiro atoms. The molecule has 3 N–H and O–H groups in total. The molecule has 0 radical (unpaired) electrons. The average molecular weight is 266 g/mol. The molecule has 0 saturated heterocycles. The van der Waals surface area contributed by atoms with Gasteiger partial charge in [0.25, 0.3) is 0 Å². The molecule has 3 atom stereocenters. The number of nitrogens with two attached hydrogens (primary N) is 1. The van der Waals surface area contributed by atoms with Gasteiger partial charge in [0.15, 0.2) is 0 Å². The van der Waals surface area contributed by atoms with Gasteiger partial charge in [0.05, 0.1) is 12.1 Å². The number of ether oxygens (including phenoxy) is 1. The number of carbonyl (C=O) groups excluding carboxylic acids is 1. The number of hydrogen-bond donors (Lipinski definition) is 2. The van der Waals surface area contributed by atoms with E-state index >= 15 is 0 Å². The first-order valence-corrected chi connectivity index (χ1v) is 6.98. The van der Waals surface area contributed by atoms with E-state index in [4.69, 9.17) is 10.5 Å². The Bertz CT molecular complexity index is 415. The molecule has 1 aliphatic carbocycles. The Morgan fingerprint density at radius 2 is 2.56 bits per heavy atom. The molecule has 0 aliphatic heterocycles. The van der Waals surface area contributed by atoms with E-state index in [0.29, 0.717) is 6.61 Å². The van der Waals surface area contributed by atoms with Crippen LogP contribution in [0.25, 0.3) is 6.08 Å². The van der Waals surface area contributed by atoms with Crippen LogP contribution in [0.2, 0.25) is 0 Å². The van der Waals surface area contributed by atoms with Crippen molar-refractivity contribution in [1.82, 2.24) is 5.32 Å². The van der Waals surface area contributed by atoms with Crippen LogP contribution < -0.4 is 11.1 Å². The number of hydrogen-bond acceptors (Lipinski definition) is 4. The summed E-state index contributed by atoms with van der Waals surface area (Å²) in [5.41, 5.74) is 5.87. The Morgan fingerprint density at radius 3 is 3.17 bits per heavy atom. The van der Waals surface area contributed by atoms with Gasteiger partial charge < -0.3 is 15.8 Å². The molecule has 1 amide bonds. The molecule has 1 fully saturated rings. The summed E-state index contributed by atoms with van der Waals surface area (Å²) < 4.78 is 5.50. The molecule has 1 aliphatic rings. The fourth-order valence-corrected chi connectivity index (χ4v) is 2.60. The zero-order valence-corrected chi connectivity index (χ0v) is 11.2. The third-order valence-corrected chi connectivity index (χ3v) is 3.84. The van der Waals surface area contributed by atoms with Crippen molar-refractivity contribution in [2.24, 2.45) is 5.73 Å². The highest BCUT2D eigenvalue weighted by Crippen LogP contribution is 2.22. The molecule has 98 valence electrons. The lowest BCUT2D eigenvalue weighted by Crippen LogP contribution is -2.64. The largest absolute Gasteiger partial charge is 0.376 e. The molecule has 18 heavy (non-hydrogen) atoms. The predicted octanol–water partition coefficient (Wildman–Crippen LogP) is 1.38. The SMILES string of the molecule is CCOC1CC(N)C1NC(=O)C=Cc1cccs1. The lowest BCUT2D eigenvalue weighted by atomic mass is 9.83. The highest BCUT2D eigenvalue weighted by Gasteiger charge is 2.39. The molecule has 1 aromatic heterocycles. The first-order chi connectivity index (χ1) is 8.70. The summed E-state index contributed by atoms with van der Waals surface area (Å²) in [7, 11) is 0. The number of amides is 1. The van der Waals surface area contributed by atoms with Crippen molar-refractivity contribution in [3.63, 3.8) is 0 Å². The Morgan fingerprint density at radius 1 is 1.72 bits per heavy atom.